The van der Waals surface area contributed by atoms with E-state index in [0.29, 0.717) is 0 Å². The molecule has 0 saturated heterocycles. The molecule has 1 aromatic carbocycles. The quantitative estimate of drug-likeness (QED) is 0.562. The van der Waals surface area contributed by atoms with Gasteiger partial charge in [-0.15, -0.1) is 0 Å². The van der Waals surface area contributed by atoms with Crippen molar-refractivity contribution in [2.75, 3.05) is 0 Å². The standard InChI is InChI=1S/C20H20N4O/c1-3-4-8-18-23-19(14-9-10-15-17(11-14)25-12-21-15)20(24-18)16-7-5-6-13(2)22-16/h5-7,9-12H,3-4,8H2,1-2H3,(H,23,24). The van der Waals surface area contributed by atoms with Crippen LogP contribution in [0.25, 0.3) is 33.7 Å². The molecule has 3 aromatic heterocycles. The van der Waals surface area contributed by atoms with Gasteiger partial charge in [0.1, 0.15) is 11.3 Å². The van der Waals surface area contributed by atoms with Crippen molar-refractivity contribution >= 4 is 11.1 Å². The van der Waals surface area contributed by atoms with Gasteiger partial charge in [0.15, 0.2) is 12.0 Å². The summed E-state index contributed by atoms with van der Waals surface area (Å²) >= 11 is 0. The van der Waals surface area contributed by atoms with Crippen LogP contribution in [0.5, 0.6) is 0 Å². The highest BCUT2D eigenvalue weighted by molar-refractivity contribution is 5.83. The van der Waals surface area contributed by atoms with Crippen molar-refractivity contribution in [2.45, 2.75) is 33.1 Å². The van der Waals surface area contributed by atoms with Gasteiger partial charge in [0.05, 0.1) is 17.1 Å². The van der Waals surface area contributed by atoms with E-state index in [1.54, 1.807) is 0 Å². The van der Waals surface area contributed by atoms with E-state index < -0.39 is 0 Å². The van der Waals surface area contributed by atoms with Gasteiger partial charge in [0, 0.05) is 17.7 Å². The van der Waals surface area contributed by atoms with Crippen LogP contribution in [-0.2, 0) is 6.42 Å². The Balaban J connectivity index is 1.85. The highest BCUT2D eigenvalue weighted by Gasteiger charge is 2.16. The number of aromatic nitrogens is 4. The van der Waals surface area contributed by atoms with E-state index in [1.807, 2.05) is 43.3 Å². The monoisotopic (exact) mass is 332 g/mol. The first-order chi connectivity index (χ1) is 12.2. The third kappa shape index (κ3) is 3.05. The fraction of sp³-hybridized carbons (Fsp3) is 0.250. The van der Waals surface area contributed by atoms with Gasteiger partial charge >= 0.3 is 0 Å². The topological polar surface area (TPSA) is 67.6 Å². The van der Waals surface area contributed by atoms with Gasteiger partial charge < -0.3 is 9.40 Å². The molecule has 0 aliphatic carbocycles. The molecular weight excluding hydrogens is 312 g/mol. The summed E-state index contributed by atoms with van der Waals surface area (Å²) in [5.41, 5.74) is 6.36. The van der Waals surface area contributed by atoms with Crippen molar-refractivity contribution in [3.63, 3.8) is 0 Å². The zero-order valence-electron chi connectivity index (χ0n) is 14.4. The minimum atomic E-state index is 0.763. The van der Waals surface area contributed by atoms with Crippen LogP contribution in [-0.4, -0.2) is 19.9 Å². The maximum Gasteiger partial charge on any atom is 0.181 e. The Kier molecular flexibility index (Phi) is 4.06. The van der Waals surface area contributed by atoms with Crippen LogP contribution in [0, 0.1) is 6.92 Å². The van der Waals surface area contributed by atoms with Crippen LogP contribution >= 0.6 is 0 Å². The van der Waals surface area contributed by atoms with Crippen molar-refractivity contribution in [3.05, 3.63) is 54.3 Å². The van der Waals surface area contributed by atoms with Crippen molar-refractivity contribution in [3.8, 4) is 22.6 Å². The lowest BCUT2D eigenvalue weighted by Gasteiger charge is -2.03. The first kappa shape index (κ1) is 15.6. The molecule has 3 heterocycles. The van der Waals surface area contributed by atoms with Crippen LogP contribution < -0.4 is 0 Å². The van der Waals surface area contributed by atoms with E-state index in [-0.39, 0.29) is 0 Å². The second kappa shape index (κ2) is 6.51. The molecule has 0 spiro atoms. The predicted octanol–water partition coefficient (Wildman–Crippen LogP) is 4.93. The summed E-state index contributed by atoms with van der Waals surface area (Å²) in [7, 11) is 0. The van der Waals surface area contributed by atoms with E-state index in [9.17, 15) is 0 Å². The molecule has 0 aliphatic rings. The van der Waals surface area contributed by atoms with E-state index in [1.165, 1.54) is 6.39 Å². The van der Waals surface area contributed by atoms with Gasteiger partial charge in [-0.1, -0.05) is 25.5 Å². The smallest absolute Gasteiger partial charge is 0.181 e. The number of unbranched alkanes of at least 4 members (excludes halogenated alkanes) is 1. The van der Waals surface area contributed by atoms with Crippen molar-refractivity contribution in [2.24, 2.45) is 0 Å². The lowest BCUT2D eigenvalue weighted by molar-refractivity contribution is 0.602. The van der Waals surface area contributed by atoms with Gasteiger partial charge in [-0.2, -0.15) is 0 Å². The normalized spacial score (nSPS) is 11.3. The van der Waals surface area contributed by atoms with Crippen molar-refractivity contribution in [1.29, 1.82) is 0 Å². The number of aromatic amines is 1. The van der Waals surface area contributed by atoms with E-state index in [0.717, 1.165) is 64.5 Å². The lowest BCUT2D eigenvalue weighted by atomic mass is 10.1. The third-order valence-corrected chi connectivity index (χ3v) is 4.27. The number of rotatable bonds is 5. The molecule has 5 heteroatoms. The summed E-state index contributed by atoms with van der Waals surface area (Å²) < 4.78 is 5.45. The fourth-order valence-corrected chi connectivity index (χ4v) is 2.96. The van der Waals surface area contributed by atoms with E-state index in [4.69, 9.17) is 9.40 Å². The van der Waals surface area contributed by atoms with Crippen LogP contribution in [0.15, 0.2) is 47.2 Å². The molecule has 4 aromatic rings. The number of fused-ring (bicyclic) bond motifs is 1. The molecule has 0 unspecified atom stereocenters. The van der Waals surface area contributed by atoms with Crippen molar-refractivity contribution in [1.82, 2.24) is 19.9 Å². The molecule has 0 aliphatic heterocycles. The Morgan fingerprint density at radius 1 is 1.12 bits per heavy atom. The van der Waals surface area contributed by atoms with Crippen LogP contribution in [0.2, 0.25) is 0 Å². The molecule has 0 amide bonds. The summed E-state index contributed by atoms with van der Waals surface area (Å²) in [6.45, 7) is 4.18. The summed E-state index contributed by atoms with van der Waals surface area (Å²) in [5.74, 6) is 0.993. The Morgan fingerprint density at radius 2 is 2.04 bits per heavy atom. The summed E-state index contributed by atoms with van der Waals surface area (Å²) in [6, 6.07) is 12.0. The van der Waals surface area contributed by atoms with Gasteiger partial charge in [-0.25, -0.2) is 9.97 Å². The summed E-state index contributed by atoms with van der Waals surface area (Å²) in [6.07, 6.45) is 4.64. The molecule has 0 saturated carbocycles. The molecule has 0 radical (unpaired) electrons. The highest BCUT2D eigenvalue weighted by atomic mass is 16.3. The highest BCUT2D eigenvalue weighted by Crippen LogP contribution is 2.31. The first-order valence-electron chi connectivity index (χ1n) is 8.61. The Labute approximate surface area is 146 Å². The second-order valence-electron chi connectivity index (χ2n) is 6.21. The zero-order valence-corrected chi connectivity index (χ0v) is 14.4. The number of H-pyrrole nitrogens is 1. The first-order valence-corrected chi connectivity index (χ1v) is 8.61. The number of benzene rings is 1. The van der Waals surface area contributed by atoms with Crippen LogP contribution in [0.3, 0.4) is 0 Å². The zero-order chi connectivity index (χ0) is 17.2. The Morgan fingerprint density at radius 3 is 2.88 bits per heavy atom. The molecule has 25 heavy (non-hydrogen) atoms. The van der Waals surface area contributed by atoms with Crippen molar-refractivity contribution < 1.29 is 4.42 Å². The average Bonchev–Trinajstić information content (AvgIpc) is 3.26. The van der Waals surface area contributed by atoms with Gasteiger partial charge in [-0.05, 0) is 37.6 Å². The Bertz CT molecular complexity index is 1020. The van der Waals surface area contributed by atoms with Crippen LogP contribution in [0.4, 0.5) is 0 Å². The van der Waals surface area contributed by atoms with Gasteiger partial charge in [0.2, 0.25) is 0 Å². The average molecular weight is 332 g/mol. The minimum absolute atomic E-state index is 0.763. The molecule has 0 fully saturated rings. The van der Waals surface area contributed by atoms with E-state index >= 15 is 0 Å². The molecule has 126 valence electrons. The predicted molar refractivity (Wildman–Crippen MR) is 98.2 cm³/mol. The number of aryl methyl sites for hydroxylation is 2. The van der Waals surface area contributed by atoms with E-state index in [2.05, 4.69) is 21.9 Å². The number of nitrogens with zero attached hydrogens (tertiary/aromatic N) is 3. The third-order valence-electron chi connectivity index (χ3n) is 4.27. The lowest BCUT2D eigenvalue weighted by Crippen LogP contribution is -1.89. The SMILES string of the molecule is CCCCc1nc(-c2ccc3ncoc3c2)c(-c2cccc(C)n2)[nH]1. The Hall–Kier alpha value is -2.95. The van der Waals surface area contributed by atoms with Gasteiger partial charge in [-0.3, -0.25) is 4.98 Å². The molecule has 4 rings (SSSR count). The summed E-state index contributed by atoms with van der Waals surface area (Å²) in [5, 5.41) is 0. The second-order valence-corrected chi connectivity index (χ2v) is 6.21. The largest absolute Gasteiger partial charge is 0.443 e. The molecule has 1 N–H and O–H groups in total. The molecule has 5 nitrogen and oxygen atoms in total. The number of oxazole rings is 1. The maximum absolute atomic E-state index is 5.45. The van der Waals surface area contributed by atoms with Crippen LogP contribution in [0.1, 0.15) is 31.3 Å². The van der Waals surface area contributed by atoms with Gasteiger partial charge in [0.25, 0.3) is 0 Å². The fourth-order valence-electron chi connectivity index (χ4n) is 2.96. The molecule has 0 atom stereocenters. The molecular formula is C20H20N4O. The number of pyridine rings is 1. The number of hydrogen-bond donors (Lipinski definition) is 1. The number of hydrogen-bond acceptors (Lipinski definition) is 4. The summed E-state index contributed by atoms with van der Waals surface area (Å²) in [4.78, 5) is 17.2. The molecule has 0 bridgehead atoms. The maximum atomic E-state index is 5.45. The number of imidazole rings is 1. The minimum Gasteiger partial charge on any atom is -0.443 e. The number of nitrogens with one attached hydrogen (secondary N) is 1.